The zero-order valence-corrected chi connectivity index (χ0v) is 24.9. The molecule has 39 heavy (non-hydrogen) atoms. The predicted molar refractivity (Wildman–Crippen MR) is 163 cm³/mol. The third-order valence-corrected chi connectivity index (χ3v) is 10.2. The second-order valence-corrected chi connectivity index (χ2v) is 12.7. The Hall–Kier alpha value is -1.68. The number of benzene rings is 1. The van der Waals surface area contributed by atoms with Crippen molar-refractivity contribution < 1.29 is 4.74 Å². The molecule has 0 unspecified atom stereocenters. The Balaban J connectivity index is 1.03. The molecule has 7 nitrogen and oxygen atoms in total. The van der Waals surface area contributed by atoms with Gasteiger partial charge in [-0.15, -0.1) is 11.3 Å². The van der Waals surface area contributed by atoms with Gasteiger partial charge in [0.05, 0.1) is 40.9 Å². The molecule has 3 aliphatic rings. The molecule has 2 aromatic heterocycles. The molecule has 0 radical (unpaired) electrons. The summed E-state index contributed by atoms with van der Waals surface area (Å²) in [7, 11) is 0. The van der Waals surface area contributed by atoms with Crippen LogP contribution in [0.1, 0.15) is 41.9 Å². The van der Waals surface area contributed by atoms with E-state index in [9.17, 15) is 0 Å². The standard InChI is InChI=1S/C29H38Cl2N6OS/c30-22-7-5-8-23(27(22)31)37-14-12-35(13-15-37)11-4-3-10-32-28-26-21-6-1-2-9-24(21)39-29(26)34-25(33-28)20-36-16-18-38-19-17-36/h5,7-8H,1-4,6,9-20H2,(H,32,33,34). The Kier molecular flexibility index (Phi) is 9.08. The fourth-order valence-corrected chi connectivity index (χ4v) is 7.67. The van der Waals surface area contributed by atoms with Gasteiger partial charge >= 0.3 is 0 Å². The van der Waals surface area contributed by atoms with Crippen molar-refractivity contribution in [2.45, 2.75) is 45.1 Å². The van der Waals surface area contributed by atoms with Gasteiger partial charge in [0.1, 0.15) is 16.5 Å². The molecule has 1 aromatic carbocycles. The van der Waals surface area contributed by atoms with Crippen LogP contribution in [0.3, 0.4) is 0 Å². The molecular formula is C29H38Cl2N6OS. The second kappa shape index (κ2) is 12.9. The maximum absolute atomic E-state index is 6.45. The summed E-state index contributed by atoms with van der Waals surface area (Å²) in [4.78, 5) is 20.1. The summed E-state index contributed by atoms with van der Waals surface area (Å²) in [5, 5.41) is 6.32. The fourth-order valence-electron chi connectivity index (χ4n) is 5.98. The van der Waals surface area contributed by atoms with Crippen LogP contribution in [-0.4, -0.2) is 85.3 Å². The number of fused-ring (bicyclic) bond motifs is 3. The van der Waals surface area contributed by atoms with Crippen molar-refractivity contribution in [1.82, 2.24) is 19.8 Å². The van der Waals surface area contributed by atoms with E-state index >= 15 is 0 Å². The van der Waals surface area contributed by atoms with Crippen LogP contribution in [0.25, 0.3) is 10.2 Å². The second-order valence-electron chi connectivity index (χ2n) is 10.8. The SMILES string of the molecule is Clc1cccc(N2CCN(CCCCNc3nc(CN4CCOCC4)nc4sc5c(c34)CCCC5)CC2)c1Cl. The van der Waals surface area contributed by atoms with Gasteiger partial charge in [0.15, 0.2) is 0 Å². The number of aromatic nitrogens is 2. The lowest BCUT2D eigenvalue weighted by molar-refractivity contribution is 0.0331. The van der Waals surface area contributed by atoms with Crippen molar-refractivity contribution in [1.29, 1.82) is 0 Å². The minimum atomic E-state index is 0.626. The van der Waals surface area contributed by atoms with Crippen molar-refractivity contribution >= 4 is 56.3 Å². The molecule has 6 rings (SSSR count). The molecule has 0 bridgehead atoms. The molecule has 0 amide bonds. The summed E-state index contributed by atoms with van der Waals surface area (Å²) in [6.07, 6.45) is 7.19. The molecule has 2 aliphatic heterocycles. The number of hydrogen-bond acceptors (Lipinski definition) is 8. The number of nitrogens with zero attached hydrogens (tertiary/aromatic N) is 5. The van der Waals surface area contributed by atoms with Crippen LogP contribution in [0.4, 0.5) is 11.5 Å². The Morgan fingerprint density at radius 2 is 1.74 bits per heavy atom. The number of anilines is 2. The molecule has 1 aliphatic carbocycles. The van der Waals surface area contributed by atoms with Gasteiger partial charge in [-0.25, -0.2) is 9.97 Å². The number of rotatable bonds is 9. The fraction of sp³-hybridized carbons (Fsp3) is 0.586. The first-order valence-electron chi connectivity index (χ1n) is 14.4. The summed E-state index contributed by atoms with van der Waals surface area (Å²) in [5.41, 5.74) is 2.55. The molecule has 0 atom stereocenters. The van der Waals surface area contributed by atoms with E-state index in [1.54, 1.807) is 0 Å². The van der Waals surface area contributed by atoms with Crippen LogP contribution < -0.4 is 10.2 Å². The lowest BCUT2D eigenvalue weighted by Gasteiger charge is -2.36. The Morgan fingerprint density at radius 1 is 0.923 bits per heavy atom. The summed E-state index contributed by atoms with van der Waals surface area (Å²) in [6, 6.07) is 5.89. The molecule has 210 valence electrons. The topological polar surface area (TPSA) is 56.8 Å². The summed E-state index contributed by atoms with van der Waals surface area (Å²) in [5.74, 6) is 1.98. The molecule has 4 heterocycles. The molecule has 0 spiro atoms. The minimum Gasteiger partial charge on any atom is -0.379 e. The van der Waals surface area contributed by atoms with Gasteiger partial charge in [0, 0.05) is 50.7 Å². The zero-order valence-electron chi connectivity index (χ0n) is 22.6. The van der Waals surface area contributed by atoms with Gasteiger partial charge in [-0.2, -0.15) is 0 Å². The monoisotopic (exact) mass is 588 g/mol. The Bertz CT molecular complexity index is 1270. The van der Waals surface area contributed by atoms with Gasteiger partial charge in [0.2, 0.25) is 0 Å². The lowest BCUT2D eigenvalue weighted by atomic mass is 9.97. The first kappa shape index (κ1) is 27.5. The van der Waals surface area contributed by atoms with Gasteiger partial charge in [-0.3, -0.25) is 9.80 Å². The Morgan fingerprint density at radius 3 is 2.59 bits per heavy atom. The molecule has 10 heteroatoms. The number of thiophene rings is 1. The van der Waals surface area contributed by atoms with E-state index < -0.39 is 0 Å². The van der Waals surface area contributed by atoms with Crippen LogP contribution >= 0.6 is 34.5 Å². The maximum Gasteiger partial charge on any atom is 0.146 e. The number of hydrogen-bond donors (Lipinski definition) is 1. The summed E-state index contributed by atoms with van der Waals surface area (Å²) >= 11 is 14.6. The van der Waals surface area contributed by atoms with Crippen molar-refractivity contribution in [2.75, 3.05) is 75.8 Å². The number of morpholine rings is 1. The highest BCUT2D eigenvalue weighted by Crippen LogP contribution is 2.39. The highest BCUT2D eigenvalue weighted by Gasteiger charge is 2.23. The average molecular weight is 590 g/mol. The number of unbranched alkanes of at least 4 members (excludes halogenated alkanes) is 1. The van der Waals surface area contributed by atoms with Gasteiger partial charge in [0.25, 0.3) is 0 Å². The first-order valence-corrected chi connectivity index (χ1v) is 16.0. The van der Waals surface area contributed by atoms with E-state index in [0.29, 0.717) is 10.0 Å². The summed E-state index contributed by atoms with van der Waals surface area (Å²) in [6.45, 7) is 10.4. The average Bonchev–Trinajstić information content (AvgIpc) is 3.34. The van der Waals surface area contributed by atoms with E-state index in [4.69, 9.17) is 37.9 Å². The number of halogens is 2. The van der Waals surface area contributed by atoms with E-state index in [1.807, 2.05) is 23.5 Å². The third-order valence-electron chi connectivity index (χ3n) is 8.17. The van der Waals surface area contributed by atoms with Crippen LogP contribution in [0.2, 0.25) is 10.0 Å². The minimum absolute atomic E-state index is 0.626. The third kappa shape index (κ3) is 6.47. The normalized spacial score (nSPS) is 19.0. The molecule has 2 fully saturated rings. The van der Waals surface area contributed by atoms with Crippen molar-refractivity contribution in [3.63, 3.8) is 0 Å². The maximum atomic E-state index is 6.45. The van der Waals surface area contributed by atoms with Crippen LogP contribution in [0.5, 0.6) is 0 Å². The van der Waals surface area contributed by atoms with Crippen LogP contribution in [0.15, 0.2) is 18.2 Å². The number of nitrogens with one attached hydrogen (secondary N) is 1. The van der Waals surface area contributed by atoms with E-state index in [0.717, 1.165) is 102 Å². The molecule has 2 saturated heterocycles. The van der Waals surface area contributed by atoms with Crippen LogP contribution in [0, 0.1) is 0 Å². The van der Waals surface area contributed by atoms with E-state index in [1.165, 1.54) is 46.3 Å². The number of aryl methyl sites for hydroxylation is 2. The first-order chi connectivity index (χ1) is 19.2. The Labute approximate surface area is 245 Å². The largest absolute Gasteiger partial charge is 0.379 e. The zero-order chi connectivity index (χ0) is 26.6. The van der Waals surface area contributed by atoms with E-state index in [-0.39, 0.29) is 0 Å². The summed E-state index contributed by atoms with van der Waals surface area (Å²) < 4.78 is 5.53. The molecule has 0 saturated carbocycles. The quantitative estimate of drug-likeness (QED) is 0.321. The van der Waals surface area contributed by atoms with Crippen molar-refractivity contribution in [3.05, 3.63) is 44.5 Å². The number of ether oxygens (including phenoxy) is 1. The van der Waals surface area contributed by atoms with E-state index in [2.05, 4.69) is 26.1 Å². The lowest BCUT2D eigenvalue weighted by Crippen LogP contribution is -2.46. The molecular weight excluding hydrogens is 551 g/mol. The molecule has 1 N–H and O–H groups in total. The highest BCUT2D eigenvalue weighted by atomic mass is 35.5. The molecule has 3 aromatic rings. The predicted octanol–water partition coefficient (Wildman–Crippen LogP) is 5.72. The van der Waals surface area contributed by atoms with Crippen molar-refractivity contribution in [3.8, 4) is 0 Å². The van der Waals surface area contributed by atoms with Gasteiger partial charge < -0.3 is 15.0 Å². The number of piperazine rings is 1. The van der Waals surface area contributed by atoms with Crippen molar-refractivity contribution in [2.24, 2.45) is 0 Å². The smallest absolute Gasteiger partial charge is 0.146 e. The van der Waals surface area contributed by atoms with Crippen LogP contribution in [-0.2, 0) is 24.1 Å². The van der Waals surface area contributed by atoms with Gasteiger partial charge in [-0.1, -0.05) is 29.3 Å². The van der Waals surface area contributed by atoms with Gasteiger partial charge in [-0.05, 0) is 62.8 Å². The highest BCUT2D eigenvalue weighted by molar-refractivity contribution is 7.19.